The van der Waals surface area contributed by atoms with Gasteiger partial charge < -0.3 is 10.2 Å². The molecule has 0 radical (unpaired) electrons. The highest BCUT2D eigenvalue weighted by Gasteiger charge is 2.32. The molecule has 0 aliphatic heterocycles. The number of halogens is 3. The van der Waals surface area contributed by atoms with Gasteiger partial charge in [0.25, 0.3) is 0 Å². The smallest absolute Gasteiger partial charge is 0.244 e. The zero-order chi connectivity index (χ0) is 26.3. The molecule has 2 amide bonds. The number of sulfonamides is 1. The summed E-state index contributed by atoms with van der Waals surface area (Å²) in [6.45, 7) is 5.63. The molecule has 1 atom stereocenters. The average molecular weight is 607 g/mol. The van der Waals surface area contributed by atoms with Crippen LogP contribution in [0, 0.1) is 5.92 Å². The molecule has 2 aromatic carbocycles. The second-order valence-electron chi connectivity index (χ2n) is 8.53. The molecule has 0 unspecified atom stereocenters. The molecule has 0 saturated heterocycles. The molecule has 1 N–H and O–H groups in total. The molecule has 0 saturated carbocycles. The van der Waals surface area contributed by atoms with Crippen LogP contribution in [-0.2, 0) is 26.2 Å². The Labute approximate surface area is 225 Å². The number of nitrogens with zero attached hydrogens (tertiary/aromatic N) is 2. The van der Waals surface area contributed by atoms with Crippen LogP contribution >= 0.6 is 39.1 Å². The summed E-state index contributed by atoms with van der Waals surface area (Å²) >= 11 is 16.1. The first-order chi connectivity index (χ1) is 16.3. The largest absolute Gasteiger partial charge is 0.354 e. The third-order valence-corrected chi connectivity index (χ3v) is 7.63. The van der Waals surface area contributed by atoms with Gasteiger partial charge in [0.05, 0.1) is 11.9 Å². The number of hydrogen-bond donors (Lipinski definition) is 1. The van der Waals surface area contributed by atoms with Crippen molar-refractivity contribution in [2.45, 2.75) is 39.8 Å². The first-order valence-corrected chi connectivity index (χ1v) is 14.5. The van der Waals surface area contributed by atoms with E-state index in [1.807, 2.05) is 13.8 Å². The molecular formula is C24H30BrCl2N3O4S. The molecule has 11 heteroatoms. The molecule has 192 valence electrons. The van der Waals surface area contributed by atoms with Gasteiger partial charge in [-0.05, 0) is 48.7 Å². The van der Waals surface area contributed by atoms with Crippen LogP contribution in [0.5, 0.6) is 0 Å². The number of carbonyl (C=O) groups excluding carboxylic acids is 2. The van der Waals surface area contributed by atoms with Gasteiger partial charge in [-0.3, -0.25) is 13.9 Å². The summed E-state index contributed by atoms with van der Waals surface area (Å²) in [4.78, 5) is 28.1. The molecule has 0 aliphatic carbocycles. The van der Waals surface area contributed by atoms with Gasteiger partial charge in [-0.2, -0.15) is 0 Å². The third kappa shape index (κ3) is 8.37. The molecule has 0 spiro atoms. The highest BCUT2D eigenvalue weighted by molar-refractivity contribution is 9.10. The Balaban J connectivity index is 2.47. The number of rotatable bonds is 11. The van der Waals surface area contributed by atoms with Crippen molar-refractivity contribution in [3.63, 3.8) is 0 Å². The van der Waals surface area contributed by atoms with Gasteiger partial charge in [-0.25, -0.2) is 8.42 Å². The quantitative estimate of drug-likeness (QED) is 0.385. The predicted molar refractivity (Wildman–Crippen MR) is 145 cm³/mol. The van der Waals surface area contributed by atoms with Crippen molar-refractivity contribution in [2.24, 2.45) is 5.92 Å². The lowest BCUT2D eigenvalue weighted by atomic mass is 10.1. The van der Waals surface area contributed by atoms with E-state index in [0.717, 1.165) is 15.0 Å². The fourth-order valence-corrected chi connectivity index (χ4v) is 5.05. The van der Waals surface area contributed by atoms with E-state index in [1.165, 1.54) is 4.90 Å². The molecule has 2 aromatic rings. The van der Waals surface area contributed by atoms with E-state index in [-0.39, 0.29) is 18.4 Å². The van der Waals surface area contributed by atoms with E-state index in [2.05, 4.69) is 21.2 Å². The van der Waals surface area contributed by atoms with Gasteiger partial charge in [0, 0.05) is 33.2 Å². The van der Waals surface area contributed by atoms with Crippen molar-refractivity contribution in [3.8, 4) is 0 Å². The van der Waals surface area contributed by atoms with Gasteiger partial charge in [0.15, 0.2) is 0 Å². The van der Waals surface area contributed by atoms with Crippen molar-refractivity contribution in [2.75, 3.05) is 23.7 Å². The summed E-state index contributed by atoms with van der Waals surface area (Å²) in [6, 6.07) is 10.7. The number of carbonyl (C=O) groups is 2. The lowest BCUT2D eigenvalue weighted by Crippen LogP contribution is -2.52. The van der Waals surface area contributed by atoms with Crippen LogP contribution in [-0.4, -0.2) is 50.5 Å². The topological polar surface area (TPSA) is 86.8 Å². The van der Waals surface area contributed by atoms with Crippen molar-refractivity contribution in [3.05, 3.63) is 62.5 Å². The van der Waals surface area contributed by atoms with Crippen molar-refractivity contribution in [1.82, 2.24) is 10.2 Å². The lowest BCUT2D eigenvalue weighted by molar-refractivity contribution is -0.140. The fraction of sp³-hybridized carbons (Fsp3) is 0.417. The molecule has 0 aromatic heterocycles. The van der Waals surface area contributed by atoms with Crippen LogP contribution in [0.3, 0.4) is 0 Å². The van der Waals surface area contributed by atoms with Crippen LogP contribution < -0.4 is 9.62 Å². The number of amides is 2. The highest BCUT2D eigenvalue weighted by Crippen LogP contribution is 2.28. The molecule has 0 fully saturated rings. The van der Waals surface area contributed by atoms with Crippen LogP contribution in [0.2, 0.25) is 10.0 Å². The maximum atomic E-state index is 13.7. The number of anilines is 1. The van der Waals surface area contributed by atoms with Crippen LogP contribution in [0.4, 0.5) is 5.69 Å². The lowest BCUT2D eigenvalue weighted by Gasteiger charge is -2.33. The fourth-order valence-electron chi connectivity index (χ4n) is 3.42. The van der Waals surface area contributed by atoms with Gasteiger partial charge >= 0.3 is 0 Å². The van der Waals surface area contributed by atoms with Crippen LogP contribution in [0.25, 0.3) is 0 Å². The van der Waals surface area contributed by atoms with E-state index in [4.69, 9.17) is 23.2 Å². The van der Waals surface area contributed by atoms with Crippen LogP contribution in [0.15, 0.2) is 46.9 Å². The highest BCUT2D eigenvalue weighted by atomic mass is 79.9. The molecular weight excluding hydrogens is 577 g/mol. The molecule has 0 bridgehead atoms. The predicted octanol–water partition coefficient (Wildman–Crippen LogP) is 5.10. The van der Waals surface area contributed by atoms with Gasteiger partial charge in [0.1, 0.15) is 12.6 Å². The Bertz CT molecular complexity index is 1120. The number of hydrogen-bond acceptors (Lipinski definition) is 4. The summed E-state index contributed by atoms with van der Waals surface area (Å²) in [6.07, 6.45) is 1.35. The maximum Gasteiger partial charge on any atom is 0.244 e. The number of benzene rings is 2. The van der Waals surface area contributed by atoms with Gasteiger partial charge in [-0.1, -0.05) is 66.0 Å². The molecule has 7 nitrogen and oxygen atoms in total. The minimum Gasteiger partial charge on any atom is -0.354 e. The van der Waals surface area contributed by atoms with Crippen molar-refractivity contribution in [1.29, 1.82) is 0 Å². The number of nitrogens with one attached hydrogen (secondary N) is 1. The third-order valence-electron chi connectivity index (χ3n) is 5.25. The van der Waals surface area contributed by atoms with Gasteiger partial charge in [0.2, 0.25) is 21.8 Å². The van der Waals surface area contributed by atoms with E-state index in [0.29, 0.717) is 34.3 Å². The Morgan fingerprint density at radius 3 is 2.11 bits per heavy atom. The van der Waals surface area contributed by atoms with Crippen LogP contribution in [0.1, 0.15) is 32.8 Å². The van der Waals surface area contributed by atoms with E-state index >= 15 is 0 Å². The standard InChI is InChI=1S/C24H30BrCl2N3O4S/c1-5-22(24(32)28-13-16(2)3)29(14-19-20(26)7-6-8-21(19)27)23(31)15-30(35(4,33)34)18-11-9-17(25)10-12-18/h6-12,16,22H,5,13-15H2,1-4H3,(H,28,32)/t22-/m0/s1. The normalized spacial score (nSPS) is 12.3. The first-order valence-electron chi connectivity index (χ1n) is 11.1. The Morgan fingerprint density at radius 1 is 1.06 bits per heavy atom. The second kappa shape index (κ2) is 12.9. The Morgan fingerprint density at radius 2 is 1.63 bits per heavy atom. The summed E-state index contributed by atoms with van der Waals surface area (Å²) in [5.74, 6) is -0.662. The summed E-state index contributed by atoms with van der Waals surface area (Å²) in [7, 11) is -3.80. The van der Waals surface area contributed by atoms with E-state index in [1.54, 1.807) is 49.4 Å². The van der Waals surface area contributed by atoms with E-state index in [9.17, 15) is 18.0 Å². The Kier molecular flexibility index (Phi) is 10.9. The molecule has 2 rings (SSSR count). The molecule has 0 aliphatic rings. The summed E-state index contributed by atoms with van der Waals surface area (Å²) in [5.41, 5.74) is 0.811. The minimum atomic E-state index is -3.80. The zero-order valence-electron chi connectivity index (χ0n) is 20.1. The SMILES string of the molecule is CC[C@@H](C(=O)NCC(C)C)N(Cc1c(Cl)cccc1Cl)C(=O)CN(c1ccc(Br)cc1)S(C)(=O)=O. The van der Waals surface area contributed by atoms with E-state index < -0.39 is 28.5 Å². The zero-order valence-corrected chi connectivity index (χ0v) is 24.0. The molecule has 35 heavy (non-hydrogen) atoms. The average Bonchev–Trinajstić information content (AvgIpc) is 2.77. The summed E-state index contributed by atoms with van der Waals surface area (Å²) in [5, 5.41) is 3.56. The second-order valence-corrected chi connectivity index (χ2v) is 12.2. The first kappa shape index (κ1) is 29.4. The monoisotopic (exact) mass is 605 g/mol. The maximum absolute atomic E-state index is 13.7. The minimum absolute atomic E-state index is 0.0527. The summed E-state index contributed by atoms with van der Waals surface area (Å²) < 4.78 is 27.0. The molecule has 0 heterocycles. The van der Waals surface area contributed by atoms with Crippen molar-refractivity contribution >= 4 is 66.7 Å². The Hall–Kier alpha value is -1.81. The van der Waals surface area contributed by atoms with Gasteiger partial charge in [-0.15, -0.1) is 0 Å². The van der Waals surface area contributed by atoms with Crippen molar-refractivity contribution < 1.29 is 18.0 Å².